The first-order valence-corrected chi connectivity index (χ1v) is 3.91. The molecule has 0 nitrogen and oxygen atoms in total. The molecule has 0 unspecified atom stereocenters. The monoisotopic (exact) mass is 146 g/mol. The van der Waals surface area contributed by atoms with E-state index in [2.05, 4.69) is 39.3 Å². The molecule has 1 aromatic rings. The van der Waals surface area contributed by atoms with Crippen molar-refractivity contribution in [2.24, 2.45) is 5.41 Å². The van der Waals surface area contributed by atoms with Crippen molar-refractivity contribution >= 4 is 0 Å². The predicted molar refractivity (Wildman–Crippen MR) is 48.2 cm³/mol. The Morgan fingerprint density at radius 1 is 1.00 bits per heavy atom. The average molecular weight is 146 g/mol. The van der Waals surface area contributed by atoms with Crippen molar-refractivity contribution in [2.75, 3.05) is 0 Å². The van der Waals surface area contributed by atoms with Gasteiger partial charge in [-0.05, 0) is 11.0 Å². The Bertz CT molecular complexity index is 203. The van der Waals surface area contributed by atoms with E-state index in [-0.39, 0.29) is 5.41 Å². The lowest BCUT2D eigenvalue weighted by molar-refractivity contribution is 0.506. The van der Waals surface area contributed by atoms with Crippen molar-refractivity contribution in [3.8, 4) is 0 Å². The molecule has 0 aromatic heterocycles. The van der Waals surface area contributed by atoms with Crippen molar-refractivity contribution < 1.29 is 0 Å². The summed E-state index contributed by atoms with van der Waals surface area (Å²) in [6.45, 7) is 6.46. The fourth-order valence-electron chi connectivity index (χ4n) is 0.954. The van der Waals surface area contributed by atoms with Gasteiger partial charge < -0.3 is 0 Å². The summed E-state index contributed by atoms with van der Waals surface area (Å²) in [5, 5.41) is 0. The summed E-state index contributed by atoms with van der Waals surface area (Å²) in [6, 6.07) is 10.2. The van der Waals surface area contributed by atoms with Crippen molar-refractivity contribution in [1.82, 2.24) is 0 Å². The third-order valence-corrected chi connectivity index (χ3v) is 1.29. The lowest BCUT2D eigenvalue weighted by Gasteiger charge is -2.16. The van der Waals surface area contributed by atoms with Crippen LogP contribution in [0.4, 0.5) is 0 Å². The zero-order valence-electron chi connectivity index (χ0n) is 7.39. The fraction of sp³-hybridized carbons (Fsp3) is 0.364. The van der Waals surface area contributed by atoms with Crippen molar-refractivity contribution in [3.63, 3.8) is 0 Å². The van der Waals surface area contributed by atoms with Gasteiger partial charge in [0.1, 0.15) is 0 Å². The van der Waals surface area contributed by atoms with Gasteiger partial charge in [0.25, 0.3) is 0 Å². The van der Waals surface area contributed by atoms with Gasteiger partial charge in [0.15, 0.2) is 0 Å². The topological polar surface area (TPSA) is 0 Å². The highest BCUT2D eigenvalue weighted by molar-refractivity contribution is 5.24. The normalized spacial score (nSPS) is 11.5. The van der Waals surface area contributed by atoms with Crippen LogP contribution in [0, 0.1) is 11.8 Å². The Morgan fingerprint density at radius 2 is 1.55 bits per heavy atom. The highest BCUT2D eigenvalue weighted by Crippen LogP contribution is 2.22. The van der Waals surface area contributed by atoms with E-state index in [1.807, 2.05) is 18.2 Å². The second-order valence-corrected chi connectivity index (χ2v) is 3.74. The zero-order valence-corrected chi connectivity index (χ0v) is 7.39. The Kier molecular flexibility index (Phi) is 2.33. The molecule has 1 aromatic carbocycles. The highest BCUT2D eigenvalue weighted by Gasteiger charge is 2.11. The lowest BCUT2D eigenvalue weighted by Crippen LogP contribution is -2.05. The van der Waals surface area contributed by atoms with Crippen LogP contribution in [0.1, 0.15) is 26.3 Å². The van der Waals surface area contributed by atoms with Gasteiger partial charge in [-0.2, -0.15) is 0 Å². The van der Waals surface area contributed by atoms with E-state index in [1.165, 1.54) is 5.56 Å². The predicted octanol–water partition coefficient (Wildman–Crippen LogP) is 3.16. The minimum atomic E-state index is 0.154. The third-order valence-electron chi connectivity index (χ3n) is 1.29. The molecule has 0 spiro atoms. The van der Waals surface area contributed by atoms with E-state index in [1.54, 1.807) is 0 Å². The minimum absolute atomic E-state index is 0.154. The smallest absolute Gasteiger partial charge is 0.0223 e. The second-order valence-electron chi connectivity index (χ2n) is 3.74. The molecule has 1 rings (SSSR count). The first-order chi connectivity index (χ1) is 5.08. The molecule has 0 N–H and O–H groups in total. The summed E-state index contributed by atoms with van der Waals surface area (Å²) in [7, 11) is 0. The van der Waals surface area contributed by atoms with Gasteiger partial charge in [-0.3, -0.25) is 0 Å². The molecule has 0 heteroatoms. The maximum absolute atomic E-state index is 3.38. The molecular formula is C11H14. The molecule has 0 aliphatic heterocycles. The molecule has 58 valence electrons. The van der Waals surface area contributed by atoms with Crippen LogP contribution in [0.3, 0.4) is 0 Å². The van der Waals surface area contributed by atoms with E-state index in [0.29, 0.717) is 0 Å². The maximum Gasteiger partial charge on any atom is 0.0223 e. The first-order valence-electron chi connectivity index (χ1n) is 3.91. The summed E-state index contributed by atoms with van der Waals surface area (Å²) in [5.74, 6) is 0. The minimum Gasteiger partial charge on any atom is -0.0622 e. The van der Waals surface area contributed by atoms with E-state index in [0.717, 1.165) is 0 Å². The summed E-state index contributed by atoms with van der Waals surface area (Å²) in [5.41, 5.74) is 1.33. The summed E-state index contributed by atoms with van der Waals surface area (Å²) < 4.78 is 0. The van der Waals surface area contributed by atoms with Crippen LogP contribution < -0.4 is 0 Å². The quantitative estimate of drug-likeness (QED) is 0.571. The molecule has 0 amide bonds. The van der Waals surface area contributed by atoms with Crippen LogP contribution in [0.5, 0.6) is 0 Å². The van der Waals surface area contributed by atoms with Gasteiger partial charge in [-0.25, -0.2) is 0 Å². The molecule has 2 radical (unpaired) electrons. The summed E-state index contributed by atoms with van der Waals surface area (Å²) in [6.07, 6.45) is 3.38. The Hall–Kier alpha value is -0.780. The van der Waals surface area contributed by atoms with E-state index in [4.69, 9.17) is 0 Å². The molecule has 11 heavy (non-hydrogen) atoms. The largest absolute Gasteiger partial charge is 0.0622 e. The van der Waals surface area contributed by atoms with Crippen LogP contribution >= 0.6 is 0 Å². The average Bonchev–Trinajstić information content (AvgIpc) is 1.85. The number of hydrogen-bond acceptors (Lipinski definition) is 0. The standard InChI is InChI=1S/C11H14/c1-11(2,3)9-10-7-5-4-6-8-10/h4-8H,1-3H3. The van der Waals surface area contributed by atoms with Crippen LogP contribution in [-0.4, -0.2) is 0 Å². The van der Waals surface area contributed by atoms with Gasteiger partial charge >= 0.3 is 0 Å². The molecule has 0 aliphatic carbocycles. The Balaban J connectivity index is 2.66. The summed E-state index contributed by atoms with van der Waals surface area (Å²) in [4.78, 5) is 0. The Labute approximate surface area is 69.3 Å². The van der Waals surface area contributed by atoms with Gasteiger partial charge in [-0.1, -0.05) is 51.1 Å². The van der Waals surface area contributed by atoms with Gasteiger partial charge in [0.05, 0.1) is 0 Å². The molecular weight excluding hydrogens is 132 g/mol. The van der Waals surface area contributed by atoms with Crippen molar-refractivity contribution in [1.29, 1.82) is 0 Å². The van der Waals surface area contributed by atoms with Crippen LogP contribution in [0.15, 0.2) is 30.3 Å². The van der Waals surface area contributed by atoms with Crippen LogP contribution in [0.2, 0.25) is 0 Å². The van der Waals surface area contributed by atoms with Gasteiger partial charge in [0, 0.05) is 6.42 Å². The van der Waals surface area contributed by atoms with Crippen molar-refractivity contribution in [2.45, 2.75) is 20.8 Å². The van der Waals surface area contributed by atoms with E-state index >= 15 is 0 Å². The molecule has 0 bridgehead atoms. The van der Waals surface area contributed by atoms with E-state index in [9.17, 15) is 0 Å². The summed E-state index contributed by atoms with van der Waals surface area (Å²) >= 11 is 0. The van der Waals surface area contributed by atoms with Gasteiger partial charge in [0.2, 0.25) is 0 Å². The number of rotatable bonds is 1. The molecule has 0 aliphatic rings. The molecule has 0 atom stereocenters. The van der Waals surface area contributed by atoms with Crippen molar-refractivity contribution in [3.05, 3.63) is 42.3 Å². The maximum atomic E-state index is 3.38. The third kappa shape index (κ3) is 3.22. The zero-order chi connectivity index (χ0) is 8.32. The van der Waals surface area contributed by atoms with Gasteiger partial charge in [-0.15, -0.1) is 0 Å². The highest BCUT2D eigenvalue weighted by atomic mass is 14.1. The SMILES string of the molecule is CC(C)(C)[C]c1ccccc1. The number of benzene rings is 1. The van der Waals surface area contributed by atoms with Crippen LogP contribution in [0.25, 0.3) is 0 Å². The Morgan fingerprint density at radius 3 is 2.00 bits per heavy atom. The first kappa shape index (κ1) is 8.32. The van der Waals surface area contributed by atoms with E-state index < -0.39 is 0 Å². The molecule has 0 fully saturated rings. The lowest BCUT2D eigenvalue weighted by atomic mass is 9.88. The fourth-order valence-corrected chi connectivity index (χ4v) is 0.954. The number of hydrogen-bond donors (Lipinski definition) is 0. The molecule has 0 heterocycles. The second kappa shape index (κ2) is 3.08. The molecule has 0 saturated carbocycles. The molecule has 0 saturated heterocycles. The van der Waals surface area contributed by atoms with Crippen LogP contribution in [-0.2, 0) is 0 Å².